The van der Waals surface area contributed by atoms with E-state index in [1.165, 1.54) is 0 Å². The minimum absolute atomic E-state index is 0.509. The van der Waals surface area contributed by atoms with E-state index >= 15 is 0 Å². The summed E-state index contributed by atoms with van der Waals surface area (Å²) in [7, 11) is 0. The van der Waals surface area contributed by atoms with Crippen LogP contribution in [0.1, 0.15) is 20.8 Å². The summed E-state index contributed by atoms with van der Waals surface area (Å²) in [6.07, 6.45) is 5.48. The molecule has 98 valence electrons. The minimum atomic E-state index is -0.774. The average molecular weight is 313 g/mol. The van der Waals surface area contributed by atoms with Crippen LogP contribution < -0.4 is 4.90 Å². The summed E-state index contributed by atoms with van der Waals surface area (Å²) in [6, 6.07) is 0. The van der Waals surface area contributed by atoms with Gasteiger partial charge in [0, 0.05) is 31.7 Å². The van der Waals surface area contributed by atoms with E-state index in [9.17, 15) is 5.11 Å². The van der Waals surface area contributed by atoms with Crippen molar-refractivity contribution in [3.63, 3.8) is 0 Å². The monoisotopic (exact) mass is 312 g/mol. The molecule has 0 aromatic carbocycles. The molecule has 0 saturated heterocycles. The zero-order valence-electron chi connectivity index (χ0n) is 10.8. The van der Waals surface area contributed by atoms with E-state index in [0.717, 1.165) is 22.6 Å². The van der Waals surface area contributed by atoms with Crippen LogP contribution in [0.25, 0.3) is 5.65 Å². The molecule has 2 aromatic rings. The largest absolute Gasteiger partial charge is 0.389 e. The fourth-order valence-electron chi connectivity index (χ4n) is 1.90. The van der Waals surface area contributed by atoms with Gasteiger partial charge in [-0.2, -0.15) is 0 Å². The molecule has 0 spiro atoms. The highest BCUT2D eigenvalue weighted by molar-refractivity contribution is 9.10. The van der Waals surface area contributed by atoms with Crippen LogP contribution in [0.4, 0.5) is 5.82 Å². The number of nitrogens with zero attached hydrogens (tertiary/aromatic N) is 4. The van der Waals surface area contributed by atoms with Crippen LogP contribution in [-0.4, -0.2) is 38.2 Å². The molecule has 2 rings (SSSR count). The molecule has 5 nitrogen and oxygen atoms in total. The van der Waals surface area contributed by atoms with E-state index in [2.05, 4.69) is 25.9 Å². The Morgan fingerprint density at radius 2 is 2.22 bits per heavy atom. The third-order valence-corrected chi connectivity index (χ3v) is 2.97. The van der Waals surface area contributed by atoms with Gasteiger partial charge >= 0.3 is 0 Å². The van der Waals surface area contributed by atoms with Gasteiger partial charge in [0.15, 0.2) is 11.5 Å². The molecule has 0 atom stereocenters. The van der Waals surface area contributed by atoms with Gasteiger partial charge < -0.3 is 14.4 Å². The third kappa shape index (κ3) is 2.81. The van der Waals surface area contributed by atoms with Gasteiger partial charge in [0.05, 0.1) is 5.60 Å². The molecule has 6 heteroatoms. The Hall–Kier alpha value is -1.14. The quantitative estimate of drug-likeness (QED) is 0.939. The lowest BCUT2D eigenvalue weighted by atomic mass is 10.1. The van der Waals surface area contributed by atoms with E-state index in [4.69, 9.17) is 0 Å². The Morgan fingerprint density at radius 1 is 1.50 bits per heavy atom. The summed E-state index contributed by atoms with van der Waals surface area (Å²) in [5, 5.41) is 9.96. The van der Waals surface area contributed by atoms with Crippen molar-refractivity contribution >= 4 is 27.4 Å². The lowest BCUT2D eigenvalue weighted by molar-refractivity contribution is 0.0874. The summed E-state index contributed by atoms with van der Waals surface area (Å²) in [5.41, 5.74) is 0.0214. The van der Waals surface area contributed by atoms with Gasteiger partial charge in [0.25, 0.3) is 0 Å². The Labute approximate surface area is 115 Å². The SMILES string of the molecule is CCN(CC(C)(C)O)c1nc(Br)cn2ccnc12. The van der Waals surface area contributed by atoms with Crippen LogP contribution in [0.5, 0.6) is 0 Å². The number of likely N-dealkylation sites (N-methyl/N-ethyl adjacent to an activating group) is 1. The van der Waals surface area contributed by atoms with Crippen LogP contribution >= 0.6 is 15.9 Å². The molecule has 0 aliphatic carbocycles. The van der Waals surface area contributed by atoms with E-state index in [1.807, 2.05) is 28.6 Å². The fraction of sp³-hybridized carbons (Fsp3) is 0.500. The van der Waals surface area contributed by atoms with Crippen molar-refractivity contribution in [3.8, 4) is 0 Å². The standard InChI is InChI=1S/C12H17BrN4O/c1-4-16(8-12(2,3)18)11-10-14-5-6-17(10)7-9(13)15-11/h5-7,18H,4,8H2,1-3H3. The number of rotatable bonds is 4. The molecule has 0 radical (unpaired) electrons. The van der Waals surface area contributed by atoms with E-state index in [-0.39, 0.29) is 0 Å². The molecule has 0 saturated carbocycles. The van der Waals surface area contributed by atoms with Crippen LogP contribution in [0.3, 0.4) is 0 Å². The molecule has 0 fully saturated rings. The number of fused-ring (bicyclic) bond motifs is 1. The number of imidazole rings is 1. The van der Waals surface area contributed by atoms with Crippen LogP contribution in [-0.2, 0) is 0 Å². The molecular weight excluding hydrogens is 296 g/mol. The average Bonchev–Trinajstić information content (AvgIpc) is 2.71. The van der Waals surface area contributed by atoms with Gasteiger partial charge in [-0.1, -0.05) is 0 Å². The second kappa shape index (κ2) is 4.85. The first kappa shape index (κ1) is 13.3. The van der Waals surface area contributed by atoms with E-state index < -0.39 is 5.60 Å². The highest BCUT2D eigenvalue weighted by Gasteiger charge is 2.21. The molecule has 1 N–H and O–H groups in total. The summed E-state index contributed by atoms with van der Waals surface area (Å²) >= 11 is 3.40. The van der Waals surface area contributed by atoms with Crippen LogP contribution in [0, 0.1) is 0 Å². The molecule has 0 bridgehead atoms. The molecule has 2 heterocycles. The summed E-state index contributed by atoms with van der Waals surface area (Å²) < 4.78 is 2.66. The number of aliphatic hydroxyl groups is 1. The van der Waals surface area contributed by atoms with Crippen molar-refractivity contribution in [2.24, 2.45) is 0 Å². The first-order valence-electron chi connectivity index (χ1n) is 5.87. The van der Waals surface area contributed by atoms with Crippen molar-refractivity contribution in [2.75, 3.05) is 18.0 Å². The van der Waals surface area contributed by atoms with Crippen LogP contribution in [0.2, 0.25) is 0 Å². The third-order valence-electron chi connectivity index (χ3n) is 2.59. The van der Waals surface area contributed by atoms with Gasteiger partial charge in [0.1, 0.15) is 4.60 Å². The first-order chi connectivity index (χ1) is 8.40. The Morgan fingerprint density at radius 3 is 2.83 bits per heavy atom. The van der Waals surface area contributed by atoms with E-state index in [0.29, 0.717) is 6.54 Å². The number of aromatic nitrogens is 3. The Balaban J connectivity index is 2.47. The molecule has 18 heavy (non-hydrogen) atoms. The second-order valence-corrected chi connectivity index (χ2v) is 5.68. The molecule has 0 unspecified atom stereocenters. The Kier molecular flexibility index (Phi) is 3.59. The molecule has 0 amide bonds. The normalized spacial score (nSPS) is 12.1. The summed E-state index contributed by atoms with van der Waals surface area (Å²) in [5.74, 6) is 0.777. The number of hydrogen-bond donors (Lipinski definition) is 1. The smallest absolute Gasteiger partial charge is 0.180 e. The molecule has 0 aliphatic rings. The fourth-order valence-corrected chi connectivity index (χ4v) is 2.29. The van der Waals surface area contributed by atoms with Crippen molar-refractivity contribution in [1.82, 2.24) is 14.4 Å². The topological polar surface area (TPSA) is 53.7 Å². The number of halogens is 1. The number of anilines is 1. The lowest BCUT2D eigenvalue weighted by Gasteiger charge is -2.29. The van der Waals surface area contributed by atoms with Gasteiger partial charge in [-0.25, -0.2) is 9.97 Å². The van der Waals surface area contributed by atoms with Gasteiger partial charge in [-0.05, 0) is 36.7 Å². The predicted molar refractivity (Wildman–Crippen MR) is 74.9 cm³/mol. The highest BCUT2D eigenvalue weighted by atomic mass is 79.9. The molecule has 0 aliphatic heterocycles. The summed E-state index contributed by atoms with van der Waals surface area (Å²) in [6.45, 7) is 6.88. The summed E-state index contributed by atoms with van der Waals surface area (Å²) in [4.78, 5) is 10.8. The predicted octanol–water partition coefficient (Wildman–Crippen LogP) is 2.09. The first-order valence-corrected chi connectivity index (χ1v) is 6.66. The van der Waals surface area contributed by atoms with Crippen molar-refractivity contribution in [2.45, 2.75) is 26.4 Å². The Bertz CT molecular complexity index is 546. The molecular formula is C12H17BrN4O. The second-order valence-electron chi connectivity index (χ2n) is 4.87. The van der Waals surface area contributed by atoms with Crippen molar-refractivity contribution in [3.05, 3.63) is 23.2 Å². The van der Waals surface area contributed by atoms with Crippen LogP contribution in [0.15, 0.2) is 23.2 Å². The van der Waals surface area contributed by atoms with Crippen molar-refractivity contribution < 1.29 is 5.11 Å². The maximum atomic E-state index is 9.96. The maximum absolute atomic E-state index is 9.96. The number of hydrogen-bond acceptors (Lipinski definition) is 4. The molecule has 2 aromatic heterocycles. The van der Waals surface area contributed by atoms with Gasteiger partial charge in [-0.15, -0.1) is 0 Å². The maximum Gasteiger partial charge on any atom is 0.180 e. The highest BCUT2D eigenvalue weighted by Crippen LogP contribution is 2.22. The van der Waals surface area contributed by atoms with Gasteiger partial charge in [-0.3, -0.25) is 0 Å². The zero-order valence-corrected chi connectivity index (χ0v) is 12.3. The lowest BCUT2D eigenvalue weighted by Crippen LogP contribution is -2.39. The minimum Gasteiger partial charge on any atom is -0.389 e. The zero-order chi connectivity index (χ0) is 13.3. The van der Waals surface area contributed by atoms with Crippen molar-refractivity contribution in [1.29, 1.82) is 0 Å². The van der Waals surface area contributed by atoms with E-state index in [1.54, 1.807) is 20.0 Å². The van der Waals surface area contributed by atoms with Gasteiger partial charge in [0.2, 0.25) is 0 Å².